The predicted octanol–water partition coefficient (Wildman–Crippen LogP) is 1.15. The highest BCUT2D eigenvalue weighted by Gasteiger charge is 2.35. The van der Waals surface area contributed by atoms with Crippen LogP contribution in [-0.4, -0.2) is 52.0 Å². The van der Waals surface area contributed by atoms with Gasteiger partial charge in [-0.25, -0.2) is 0 Å². The molecule has 2 aliphatic rings. The minimum atomic E-state index is 0.341. The molecule has 0 aliphatic carbocycles. The monoisotopic (exact) mass is 274 g/mol. The summed E-state index contributed by atoms with van der Waals surface area (Å²) in [6, 6.07) is 0. The summed E-state index contributed by atoms with van der Waals surface area (Å²) in [5.74, 6) is 1.61. The first-order chi connectivity index (χ1) is 9.83. The van der Waals surface area contributed by atoms with Crippen molar-refractivity contribution in [3.8, 4) is 0 Å². The molecule has 4 heterocycles. The second-order valence-corrected chi connectivity index (χ2v) is 5.40. The van der Waals surface area contributed by atoms with Crippen molar-refractivity contribution in [1.29, 1.82) is 0 Å². The maximum Gasteiger partial charge on any atom is 0.226 e. The fourth-order valence-electron chi connectivity index (χ4n) is 3.09. The first kappa shape index (κ1) is 11.9. The Bertz CT molecular complexity index is 614. The van der Waals surface area contributed by atoms with Gasteiger partial charge in [-0.15, -0.1) is 0 Å². The van der Waals surface area contributed by atoms with Crippen molar-refractivity contribution in [3.63, 3.8) is 0 Å². The Morgan fingerprint density at radius 1 is 1.35 bits per heavy atom. The van der Waals surface area contributed by atoms with Gasteiger partial charge in [-0.1, -0.05) is 0 Å². The third-order valence-electron chi connectivity index (χ3n) is 3.97. The lowest BCUT2D eigenvalue weighted by atomic mass is 10.2. The number of rotatable bonds is 3. The van der Waals surface area contributed by atoms with Crippen LogP contribution in [0.25, 0.3) is 11.0 Å². The average Bonchev–Trinajstić information content (AvgIpc) is 3.04. The molecule has 0 aromatic carbocycles. The van der Waals surface area contributed by atoms with Crippen LogP contribution in [0.4, 0.5) is 11.8 Å². The van der Waals surface area contributed by atoms with E-state index in [1.807, 2.05) is 6.92 Å². The number of morpholine rings is 1. The zero-order valence-electron chi connectivity index (χ0n) is 11.5. The first-order valence-corrected chi connectivity index (χ1v) is 7.19. The second kappa shape index (κ2) is 4.59. The Morgan fingerprint density at radius 2 is 2.15 bits per heavy atom. The molecule has 4 rings (SSSR count). The van der Waals surface area contributed by atoms with Crippen molar-refractivity contribution in [1.82, 2.24) is 20.2 Å². The number of nitrogens with one attached hydrogen (secondary N) is 2. The molecular weight excluding hydrogens is 256 g/mol. The lowest BCUT2D eigenvalue weighted by Crippen LogP contribution is -2.43. The van der Waals surface area contributed by atoms with E-state index >= 15 is 0 Å². The van der Waals surface area contributed by atoms with Crippen LogP contribution in [0.5, 0.6) is 0 Å². The summed E-state index contributed by atoms with van der Waals surface area (Å²) in [5.41, 5.74) is 0.782. The number of hydrogen-bond acceptors (Lipinski definition) is 6. The number of anilines is 2. The van der Waals surface area contributed by atoms with E-state index in [-0.39, 0.29) is 0 Å². The molecule has 2 aliphatic heterocycles. The zero-order chi connectivity index (χ0) is 13.5. The highest BCUT2D eigenvalue weighted by Crippen LogP contribution is 2.32. The maximum absolute atomic E-state index is 5.90. The second-order valence-electron chi connectivity index (χ2n) is 5.40. The van der Waals surface area contributed by atoms with Crippen LogP contribution in [0.2, 0.25) is 0 Å². The van der Waals surface area contributed by atoms with E-state index in [4.69, 9.17) is 4.74 Å². The molecule has 0 spiro atoms. The van der Waals surface area contributed by atoms with E-state index in [0.717, 1.165) is 49.3 Å². The molecule has 2 atom stereocenters. The van der Waals surface area contributed by atoms with Gasteiger partial charge in [0, 0.05) is 19.6 Å². The van der Waals surface area contributed by atoms with Crippen molar-refractivity contribution in [2.45, 2.75) is 32.0 Å². The SMILES string of the molecule is CCNc1nc(N2CC3CCC(C2)O3)c2cn[nH]c2n1. The Labute approximate surface area is 116 Å². The summed E-state index contributed by atoms with van der Waals surface area (Å²) in [6.07, 6.45) is 4.79. The molecule has 106 valence electrons. The molecule has 7 nitrogen and oxygen atoms in total. The van der Waals surface area contributed by atoms with Gasteiger partial charge in [-0.05, 0) is 19.8 Å². The van der Waals surface area contributed by atoms with Gasteiger partial charge in [0.25, 0.3) is 0 Å². The summed E-state index contributed by atoms with van der Waals surface area (Å²) >= 11 is 0. The van der Waals surface area contributed by atoms with E-state index in [2.05, 4.69) is 30.4 Å². The largest absolute Gasteiger partial charge is 0.371 e. The van der Waals surface area contributed by atoms with Crippen molar-refractivity contribution >= 4 is 22.8 Å². The Hall–Kier alpha value is -1.89. The van der Waals surface area contributed by atoms with E-state index < -0.39 is 0 Å². The van der Waals surface area contributed by atoms with Crippen molar-refractivity contribution in [2.75, 3.05) is 29.9 Å². The van der Waals surface area contributed by atoms with Gasteiger partial charge in [0.1, 0.15) is 5.82 Å². The molecule has 20 heavy (non-hydrogen) atoms. The topological polar surface area (TPSA) is 79.0 Å². The number of nitrogens with zero attached hydrogens (tertiary/aromatic N) is 4. The molecule has 0 radical (unpaired) electrons. The first-order valence-electron chi connectivity index (χ1n) is 7.19. The van der Waals surface area contributed by atoms with E-state index in [9.17, 15) is 0 Å². The van der Waals surface area contributed by atoms with Crippen LogP contribution in [0, 0.1) is 0 Å². The third kappa shape index (κ3) is 1.89. The van der Waals surface area contributed by atoms with Crippen LogP contribution in [0.15, 0.2) is 6.20 Å². The van der Waals surface area contributed by atoms with Crippen molar-refractivity contribution in [2.24, 2.45) is 0 Å². The fourth-order valence-corrected chi connectivity index (χ4v) is 3.09. The summed E-state index contributed by atoms with van der Waals surface area (Å²) in [7, 11) is 0. The summed E-state index contributed by atoms with van der Waals surface area (Å²) in [6.45, 7) is 4.64. The smallest absolute Gasteiger partial charge is 0.226 e. The molecule has 2 aromatic heterocycles. The molecule has 2 N–H and O–H groups in total. The molecular formula is C13H18N6O. The van der Waals surface area contributed by atoms with Gasteiger partial charge in [-0.3, -0.25) is 5.10 Å². The number of H-pyrrole nitrogens is 1. The Balaban J connectivity index is 1.75. The average molecular weight is 274 g/mol. The molecule has 2 fully saturated rings. The zero-order valence-corrected chi connectivity index (χ0v) is 11.5. The van der Waals surface area contributed by atoms with Gasteiger partial charge < -0.3 is 15.0 Å². The van der Waals surface area contributed by atoms with E-state index in [1.54, 1.807) is 6.20 Å². The fraction of sp³-hybridized carbons (Fsp3) is 0.615. The molecule has 7 heteroatoms. The summed E-state index contributed by atoms with van der Waals surface area (Å²) in [4.78, 5) is 11.4. The van der Waals surface area contributed by atoms with E-state index in [0.29, 0.717) is 18.2 Å². The maximum atomic E-state index is 5.90. The molecule has 2 bridgehead atoms. The molecule has 0 amide bonds. The van der Waals surface area contributed by atoms with Crippen molar-refractivity contribution < 1.29 is 4.74 Å². The highest BCUT2D eigenvalue weighted by atomic mass is 16.5. The standard InChI is InChI=1S/C13H18N6O/c1-2-14-13-16-11-10(5-15-18-11)12(17-13)19-6-8-3-4-9(7-19)20-8/h5,8-9H,2-4,6-7H2,1H3,(H2,14,15,16,17,18). The quantitative estimate of drug-likeness (QED) is 0.874. The number of ether oxygens (including phenoxy) is 1. The van der Waals surface area contributed by atoms with Crippen LogP contribution < -0.4 is 10.2 Å². The van der Waals surface area contributed by atoms with Gasteiger partial charge in [0.05, 0.1) is 23.8 Å². The van der Waals surface area contributed by atoms with Crippen molar-refractivity contribution in [3.05, 3.63) is 6.20 Å². The van der Waals surface area contributed by atoms with Crippen LogP contribution in [0.1, 0.15) is 19.8 Å². The van der Waals surface area contributed by atoms with Crippen LogP contribution in [0.3, 0.4) is 0 Å². The minimum Gasteiger partial charge on any atom is -0.371 e. The third-order valence-corrected chi connectivity index (χ3v) is 3.97. The lowest BCUT2D eigenvalue weighted by Gasteiger charge is -2.33. The minimum absolute atomic E-state index is 0.341. The Kier molecular flexibility index (Phi) is 2.73. The number of aromatic nitrogens is 4. The van der Waals surface area contributed by atoms with Gasteiger partial charge in [-0.2, -0.15) is 15.1 Å². The highest BCUT2D eigenvalue weighted by molar-refractivity contribution is 5.87. The number of fused-ring (bicyclic) bond motifs is 3. The van der Waals surface area contributed by atoms with Gasteiger partial charge >= 0.3 is 0 Å². The normalized spacial score (nSPS) is 25.4. The van der Waals surface area contributed by atoms with Gasteiger partial charge in [0.15, 0.2) is 5.65 Å². The summed E-state index contributed by atoms with van der Waals surface area (Å²) < 4.78 is 5.90. The molecule has 2 saturated heterocycles. The van der Waals surface area contributed by atoms with E-state index in [1.165, 1.54) is 0 Å². The van der Waals surface area contributed by atoms with Crippen LogP contribution in [-0.2, 0) is 4.74 Å². The predicted molar refractivity (Wildman–Crippen MR) is 76.0 cm³/mol. The Morgan fingerprint density at radius 3 is 2.90 bits per heavy atom. The van der Waals surface area contributed by atoms with Gasteiger partial charge in [0.2, 0.25) is 5.95 Å². The summed E-state index contributed by atoms with van der Waals surface area (Å²) in [5, 5.41) is 11.2. The molecule has 0 saturated carbocycles. The molecule has 2 aromatic rings. The lowest BCUT2D eigenvalue weighted by molar-refractivity contribution is 0.0303. The van der Waals surface area contributed by atoms with Crippen LogP contribution >= 0.6 is 0 Å². The molecule has 2 unspecified atom stereocenters. The number of hydrogen-bond donors (Lipinski definition) is 2. The number of aromatic amines is 1.